The van der Waals surface area contributed by atoms with Crippen molar-refractivity contribution in [3.63, 3.8) is 0 Å². The Balaban J connectivity index is 1.57. The first-order chi connectivity index (χ1) is 20.9. The highest BCUT2D eigenvalue weighted by atomic mass is 35.5. The van der Waals surface area contributed by atoms with Gasteiger partial charge in [-0.25, -0.2) is 8.42 Å². The van der Waals surface area contributed by atoms with Crippen LogP contribution < -0.4 is 15.8 Å². The predicted molar refractivity (Wildman–Crippen MR) is 166 cm³/mol. The molecule has 0 spiro atoms. The lowest BCUT2D eigenvalue weighted by Gasteiger charge is -2.33. The van der Waals surface area contributed by atoms with Gasteiger partial charge in [-0.1, -0.05) is 54.1 Å². The molecule has 234 valence electrons. The van der Waals surface area contributed by atoms with Gasteiger partial charge in [0.2, 0.25) is 21.8 Å². The molecule has 2 amide bonds. The Morgan fingerprint density at radius 2 is 1.84 bits per heavy atom. The van der Waals surface area contributed by atoms with Crippen LogP contribution in [0.3, 0.4) is 0 Å². The van der Waals surface area contributed by atoms with Gasteiger partial charge in [0.05, 0.1) is 11.3 Å². The minimum atomic E-state index is -4.33. The summed E-state index contributed by atoms with van der Waals surface area (Å²) in [5, 5.41) is 21.9. The number of amides is 2. The van der Waals surface area contributed by atoms with E-state index in [1.165, 1.54) is 12.1 Å². The first-order valence-corrected chi connectivity index (χ1v) is 15.9. The number of fused-ring (bicyclic) bond motifs is 1. The summed E-state index contributed by atoms with van der Waals surface area (Å²) in [7, 11) is -4.33. The standard InChI is InChI=1S/C30H35ClN6O6S/c31-24-9-3-5-20(13-24)17-37(19-28(39)40)29(41)26(15-27(38)34-16-21-6-4-12-36(18-21)30(32)33)35-44(42,43)25-11-10-22-7-1-2-8-23(22)14-25/h1-3,5,7-11,13-14,21,26,35H,4,6,12,15-19H2,(H3,32,33)(H,34,38)(H,39,40)/t21?,26-/m0/s1. The SMILES string of the molecule is N=C(N)N1CCCC(CNC(=O)C[C@H](NS(=O)(=O)c2ccc3ccccc3c2)C(=O)N(CC(=O)O)Cc2cccc(Cl)c2)C1. The van der Waals surface area contributed by atoms with Gasteiger partial charge in [-0.3, -0.25) is 19.8 Å². The van der Waals surface area contributed by atoms with Crippen molar-refractivity contribution in [3.8, 4) is 0 Å². The molecular weight excluding hydrogens is 608 g/mol. The van der Waals surface area contributed by atoms with Crippen molar-refractivity contribution in [3.05, 3.63) is 77.3 Å². The minimum Gasteiger partial charge on any atom is -0.480 e. The molecule has 3 aromatic rings. The molecule has 0 bridgehead atoms. The normalized spacial score (nSPS) is 15.8. The number of carboxylic acids is 1. The van der Waals surface area contributed by atoms with Crippen LogP contribution in [-0.4, -0.2) is 79.3 Å². The van der Waals surface area contributed by atoms with Crippen LogP contribution in [0.5, 0.6) is 0 Å². The van der Waals surface area contributed by atoms with Crippen LogP contribution in [0.15, 0.2) is 71.6 Å². The maximum Gasteiger partial charge on any atom is 0.323 e. The smallest absolute Gasteiger partial charge is 0.323 e. The number of nitrogens with one attached hydrogen (secondary N) is 3. The summed E-state index contributed by atoms with van der Waals surface area (Å²) in [6, 6.07) is 16.6. The molecule has 4 rings (SSSR count). The number of guanidine groups is 1. The van der Waals surface area contributed by atoms with Gasteiger partial charge in [0.1, 0.15) is 12.6 Å². The molecular formula is C30H35ClN6O6S. The van der Waals surface area contributed by atoms with Crippen LogP contribution in [0.2, 0.25) is 5.02 Å². The van der Waals surface area contributed by atoms with E-state index in [0.29, 0.717) is 29.1 Å². The molecule has 14 heteroatoms. The quantitative estimate of drug-likeness (QED) is 0.147. The molecule has 0 aliphatic carbocycles. The van der Waals surface area contributed by atoms with Crippen molar-refractivity contribution in [2.45, 2.75) is 36.7 Å². The molecule has 1 saturated heterocycles. The van der Waals surface area contributed by atoms with Crippen molar-refractivity contribution in [1.29, 1.82) is 5.41 Å². The summed E-state index contributed by atoms with van der Waals surface area (Å²) >= 11 is 6.08. The molecule has 2 atom stereocenters. The Morgan fingerprint density at radius 3 is 2.55 bits per heavy atom. The number of rotatable bonds is 12. The molecule has 3 aromatic carbocycles. The average Bonchev–Trinajstić information content (AvgIpc) is 2.98. The maximum absolute atomic E-state index is 13.8. The summed E-state index contributed by atoms with van der Waals surface area (Å²) in [6.45, 7) is 0.467. The fraction of sp³-hybridized carbons (Fsp3) is 0.333. The number of halogens is 1. The molecule has 1 aliphatic rings. The number of benzene rings is 3. The number of hydrogen-bond acceptors (Lipinski definition) is 6. The van der Waals surface area contributed by atoms with Gasteiger partial charge in [-0.05, 0) is 59.4 Å². The van der Waals surface area contributed by atoms with Gasteiger partial charge in [0, 0.05) is 31.2 Å². The van der Waals surface area contributed by atoms with Gasteiger partial charge in [0.25, 0.3) is 0 Å². The van der Waals surface area contributed by atoms with Crippen LogP contribution in [0.4, 0.5) is 0 Å². The van der Waals surface area contributed by atoms with Crippen LogP contribution in [0.25, 0.3) is 10.8 Å². The molecule has 1 unspecified atom stereocenters. The first-order valence-electron chi connectivity index (χ1n) is 14.0. The Kier molecular flexibility index (Phi) is 10.8. The zero-order valence-electron chi connectivity index (χ0n) is 23.9. The monoisotopic (exact) mass is 642 g/mol. The lowest BCUT2D eigenvalue weighted by molar-refractivity contribution is -0.146. The molecule has 0 saturated carbocycles. The van der Waals surface area contributed by atoms with E-state index in [1.807, 2.05) is 12.1 Å². The fourth-order valence-corrected chi connectivity index (χ4v) is 6.62. The Labute approximate surface area is 260 Å². The zero-order chi connectivity index (χ0) is 31.9. The number of piperidine rings is 1. The van der Waals surface area contributed by atoms with Crippen molar-refractivity contribution in [2.75, 3.05) is 26.2 Å². The molecule has 6 N–H and O–H groups in total. The Morgan fingerprint density at radius 1 is 1.09 bits per heavy atom. The second-order valence-corrected chi connectivity index (χ2v) is 12.9. The van der Waals surface area contributed by atoms with Crippen LogP contribution in [0.1, 0.15) is 24.8 Å². The number of aliphatic carboxylic acids is 1. The fourth-order valence-electron chi connectivity index (χ4n) is 5.19. The van der Waals surface area contributed by atoms with Crippen molar-refractivity contribution < 1.29 is 27.9 Å². The van der Waals surface area contributed by atoms with E-state index in [-0.39, 0.29) is 29.9 Å². The molecule has 44 heavy (non-hydrogen) atoms. The second kappa shape index (κ2) is 14.5. The maximum atomic E-state index is 13.8. The highest BCUT2D eigenvalue weighted by Crippen LogP contribution is 2.21. The van der Waals surface area contributed by atoms with E-state index in [9.17, 15) is 27.9 Å². The van der Waals surface area contributed by atoms with E-state index < -0.39 is 46.8 Å². The Bertz CT molecular complexity index is 1650. The van der Waals surface area contributed by atoms with Gasteiger partial charge in [0.15, 0.2) is 5.96 Å². The van der Waals surface area contributed by atoms with Gasteiger partial charge >= 0.3 is 5.97 Å². The van der Waals surface area contributed by atoms with Crippen molar-refractivity contribution in [1.82, 2.24) is 19.8 Å². The average molecular weight is 643 g/mol. The topological polar surface area (TPSA) is 186 Å². The number of hydrogen-bond donors (Lipinski definition) is 5. The minimum absolute atomic E-state index is 0.00591. The lowest BCUT2D eigenvalue weighted by Crippen LogP contribution is -2.52. The number of likely N-dealkylation sites (tertiary alicyclic amines) is 1. The lowest BCUT2D eigenvalue weighted by atomic mass is 9.98. The molecule has 1 fully saturated rings. The summed E-state index contributed by atoms with van der Waals surface area (Å²) in [5.41, 5.74) is 6.14. The van der Waals surface area contributed by atoms with E-state index in [4.69, 9.17) is 22.7 Å². The van der Waals surface area contributed by atoms with E-state index in [0.717, 1.165) is 23.1 Å². The predicted octanol–water partition coefficient (Wildman–Crippen LogP) is 2.37. The third-order valence-electron chi connectivity index (χ3n) is 7.36. The van der Waals surface area contributed by atoms with Gasteiger partial charge in [-0.2, -0.15) is 4.72 Å². The number of carbonyl (C=O) groups is 3. The van der Waals surface area contributed by atoms with Crippen LogP contribution >= 0.6 is 11.6 Å². The number of sulfonamides is 1. The molecule has 0 radical (unpaired) electrons. The largest absolute Gasteiger partial charge is 0.480 e. The molecule has 0 aromatic heterocycles. The van der Waals surface area contributed by atoms with Crippen LogP contribution in [-0.2, 0) is 31.0 Å². The first kappa shape index (κ1) is 32.7. The van der Waals surface area contributed by atoms with Crippen molar-refractivity contribution >= 4 is 56.1 Å². The molecule has 12 nitrogen and oxygen atoms in total. The van der Waals surface area contributed by atoms with Gasteiger partial charge < -0.3 is 26.0 Å². The summed E-state index contributed by atoms with van der Waals surface area (Å²) in [5.74, 6) is -2.83. The number of carboxylic acid groups (broad SMARTS) is 1. The highest BCUT2D eigenvalue weighted by Gasteiger charge is 2.33. The van der Waals surface area contributed by atoms with Crippen molar-refractivity contribution in [2.24, 2.45) is 11.7 Å². The highest BCUT2D eigenvalue weighted by molar-refractivity contribution is 7.89. The summed E-state index contributed by atoms with van der Waals surface area (Å²) in [6.07, 6.45) is 1.02. The van der Waals surface area contributed by atoms with E-state index in [2.05, 4.69) is 10.0 Å². The Hall–Kier alpha value is -4.20. The van der Waals surface area contributed by atoms with E-state index >= 15 is 0 Å². The van der Waals surface area contributed by atoms with E-state index in [1.54, 1.807) is 47.4 Å². The summed E-state index contributed by atoms with van der Waals surface area (Å²) in [4.78, 5) is 41.3. The zero-order valence-corrected chi connectivity index (χ0v) is 25.5. The third kappa shape index (κ3) is 8.91. The second-order valence-electron chi connectivity index (χ2n) is 10.7. The number of carbonyl (C=O) groups excluding carboxylic acids is 2. The third-order valence-corrected chi connectivity index (χ3v) is 9.07. The number of nitrogens with two attached hydrogens (primary N) is 1. The molecule has 1 heterocycles. The summed E-state index contributed by atoms with van der Waals surface area (Å²) < 4.78 is 29.4. The van der Waals surface area contributed by atoms with Gasteiger partial charge in [-0.15, -0.1) is 0 Å². The number of nitrogens with zero attached hydrogens (tertiary/aromatic N) is 2. The van der Waals surface area contributed by atoms with Crippen LogP contribution in [0, 0.1) is 11.3 Å². The molecule has 1 aliphatic heterocycles.